The molecule has 3 aromatic carbocycles. The number of thiophene rings is 1. The van der Waals surface area contributed by atoms with Crippen LogP contribution in [-0.2, 0) is 9.53 Å². The first-order valence-corrected chi connectivity index (χ1v) is 11.4. The number of esters is 2. The van der Waals surface area contributed by atoms with Crippen molar-refractivity contribution in [3.63, 3.8) is 0 Å². The lowest BCUT2D eigenvalue weighted by Gasteiger charge is -2.07. The number of non-ortho nitro benzene ring substituents is 1. The topological polar surface area (TPSA) is 108 Å². The number of nitro groups is 1. The lowest BCUT2D eigenvalue weighted by molar-refractivity contribution is -0.384. The van der Waals surface area contributed by atoms with E-state index in [-0.39, 0.29) is 32.9 Å². The molecule has 0 atom stereocenters. The third kappa shape index (κ3) is 4.42. The molecule has 1 aromatic heterocycles. The summed E-state index contributed by atoms with van der Waals surface area (Å²) in [7, 11) is 0. The van der Waals surface area contributed by atoms with Gasteiger partial charge >= 0.3 is 11.9 Å². The van der Waals surface area contributed by atoms with Crippen LogP contribution in [0.4, 0.5) is 5.69 Å². The van der Waals surface area contributed by atoms with Gasteiger partial charge in [0.05, 0.1) is 9.95 Å². The van der Waals surface area contributed by atoms with E-state index in [1.165, 1.54) is 24.3 Å². The standard InChI is InChI=1S/C25H13ClN2O6S/c26-21-17-11-10-16(28(31)32)13-20(17)35-22(21)25(30)33-19-9-5-4-8-15(19)12-18-24(29)34-23(27-18)14-6-2-1-3-7-14/h1-13H/b18-12+. The van der Waals surface area contributed by atoms with E-state index in [1.54, 1.807) is 48.5 Å². The Labute approximate surface area is 206 Å². The highest BCUT2D eigenvalue weighted by atomic mass is 35.5. The molecule has 0 amide bonds. The highest BCUT2D eigenvalue weighted by molar-refractivity contribution is 7.21. The van der Waals surface area contributed by atoms with E-state index in [2.05, 4.69) is 4.99 Å². The number of fused-ring (bicyclic) bond motifs is 1. The van der Waals surface area contributed by atoms with Gasteiger partial charge in [0.25, 0.3) is 5.69 Å². The Bertz CT molecular complexity index is 1580. The Hall–Kier alpha value is -4.34. The van der Waals surface area contributed by atoms with Crippen LogP contribution in [0.5, 0.6) is 5.75 Å². The molecule has 0 spiro atoms. The molecule has 2 heterocycles. The Kier molecular flexibility index (Phi) is 5.86. The zero-order valence-electron chi connectivity index (χ0n) is 17.6. The fourth-order valence-corrected chi connectivity index (χ4v) is 4.82. The van der Waals surface area contributed by atoms with E-state index in [0.717, 1.165) is 11.3 Å². The Morgan fingerprint density at radius 3 is 2.60 bits per heavy atom. The molecule has 35 heavy (non-hydrogen) atoms. The molecule has 0 unspecified atom stereocenters. The summed E-state index contributed by atoms with van der Waals surface area (Å²) in [5, 5.41) is 11.7. The van der Waals surface area contributed by atoms with Gasteiger partial charge in [-0.1, -0.05) is 48.0 Å². The van der Waals surface area contributed by atoms with Crippen LogP contribution in [0.3, 0.4) is 0 Å². The van der Waals surface area contributed by atoms with Crippen molar-refractivity contribution in [2.75, 3.05) is 0 Å². The third-order valence-electron chi connectivity index (χ3n) is 5.06. The third-order valence-corrected chi connectivity index (χ3v) is 6.70. The van der Waals surface area contributed by atoms with Crippen LogP contribution in [0.25, 0.3) is 16.2 Å². The van der Waals surface area contributed by atoms with Crippen LogP contribution in [0.2, 0.25) is 5.02 Å². The van der Waals surface area contributed by atoms with Gasteiger partial charge in [0, 0.05) is 33.3 Å². The van der Waals surface area contributed by atoms with E-state index >= 15 is 0 Å². The molecule has 0 saturated carbocycles. The highest BCUT2D eigenvalue weighted by Crippen LogP contribution is 2.38. The number of nitro benzene ring substituents is 1. The van der Waals surface area contributed by atoms with E-state index < -0.39 is 16.9 Å². The second kappa shape index (κ2) is 9.13. The van der Waals surface area contributed by atoms with Crippen molar-refractivity contribution < 1.29 is 24.0 Å². The summed E-state index contributed by atoms with van der Waals surface area (Å²) >= 11 is 7.37. The molecule has 10 heteroatoms. The maximum absolute atomic E-state index is 12.9. The maximum atomic E-state index is 12.9. The molecular weight excluding hydrogens is 492 g/mol. The van der Waals surface area contributed by atoms with Gasteiger partial charge in [-0.25, -0.2) is 14.6 Å². The molecule has 0 N–H and O–H groups in total. The van der Waals surface area contributed by atoms with Crippen LogP contribution in [0.1, 0.15) is 20.8 Å². The van der Waals surface area contributed by atoms with Gasteiger partial charge in [-0.15, -0.1) is 11.3 Å². The predicted molar refractivity (Wildman–Crippen MR) is 132 cm³/mol. The summed E-state index contributed by atoms with van der Waals surface area (Å²) in [6.45, 7) is 0. The van der Waals surface area contributed by atoms with Crippen molar-refractivity contribution in [3.05, 3.63) is 110 Å². The van der Waals surface area contributed by atoms with E-state index in [9.17, 15) is 19.7 Å². The van der Waals surface area contributed by atoms with Crippen LogP contribution < -0.4 is 4.74 Å². The Morgan fingerprint density at radius 2 is 1.83 bits per heavy atom. The number of ether oxygens (including phenoxy) is 2. The molecule has 0 bridgehead atoms. The van der Waals surface area contributed by atoms with Gasteiger partial charge in [-0.3, -0.25) is 10.1 Å². The van der Waals surface area contributed by atoms with Gasteiger partial charge in [0.1, 0.15) is 10.6 Å². The molecule has 1 aliphatic rings. The summed E-state index contributed by atoms with van der Waals surface area (Å²) < 4.78 is 11.3. The first-order chi connectivity index (χ1) is 16.9. The molecule has 1 aliphatic heterocycles. The summed E-state index contributed by atoms with van der Waals surface area (Å²) in [5.41, 5.74) is 1.04. The SMILES string of the molecule is O=C1OC(c2ccccc2)=N/C1=C/c1ccccc1OC(=O)c1sc2cc([N+](=O)[O-])ccc2c1Cl. The minimum atomic E-state index is -0.729. The number of hydrogen-bond donors (Lipinski definition) is 0. The monoisotopic (exact) mass is 504 g/mol. The molecule has 0 aliphatic carbocycles. The predicted octanol–water partition coefficient (Wildman–Crippen LogP) is 6.03. The quantitative estimate of drug-likeness (QED) is 0.108. The summed E-state index contributed by atoms with van der Waals surface area (Å²) in [4.78, 5) is 40.2. The maximum Gasteiger partial charge on any atom is 0.363 e. The summed E-state index contributed by atoms with van der Waals surface area (Å²) in [5.74, 6) is -0.991. The van der Waals surface area contributed by atoms with Crippen LogP contribution in [0, 0.1) is 10.1 Å². The summed E-state index contributed by atoms with van der Waals surface area (Å²) in [6.07, 6.45) is 1.47. The van der Waals surface area contributed by atoms with E-state index in [4.69, 9.17) is 21.1 Å². The first kappa shape index (κ1) is 22.5. The molecular formula is C25H13ClN2O6S. The minimum Gasteiger partial charge on any atom is -0.422 e. The van der Waals surface area contributed by atoms with Gasteiger partial charge in [0.15, 0.2) is 5.70 Å². The largest absolute Gasteiger partial charge is 0.422 e. The number of carbonyl (C=O) groups excluding carboxylic acids is 2. The van der Waals surface area contributed by atoms with Crippen molar-refractivity contribution >= 4 is 62.6 Å². The molecule has 0 radical (unpaired) electrons. The Balaban J connectivity index is 1.45. The van der Waals surface area contributed by atoms with Crippen molar-refractivity contribution in [1.29, 1.82) is 0 Å². The average molecular weight is 505 g/mol. The van der Waals surface area contributed by atoms with Gasteiger partial charge in [-0.05, 0) is 30.3 Å². The second-order valence-electron chi connectivity index (χ2n) is 7.31. The van der Waals surface area contributed by atoms with Crippen LogP contribution >= 0.6 is 22.9 Å². The molecule has 8 nitrogen and oxygen atoms in total. The number of nitrogens with zero attached hydrogens (tertiary/aromatic N) is 2. The Morgan fingerprint density at radius 1 is 1.09 bits per heavy atom. The van der Waals surface area contributed by atoms with Crippen molar-refractivity contribution in [3.8, 4) is 5.75 Å². The molecule has 0 fully saturated rings. The normalized spacial score (nSPS) is 14.1. The fourth-order valence-electron chi connectivity index (χ4n) is 3.40. The number of hydrogen-bond acceptors (Lipinski definition) is 8. The number of carbonyl (C=O) groups is 2. The number of para-hydroxylation sites is 1. The molecule has 5 rings (SSSR count). The van der Waals surface area contributed by atoms with E-state index in [1.807, 2.05) is 6.07 Å². The average Bonchev–Trinajstić information content (AvgIpc) is 3.40. The number of aliphatic imine (C=N–C) groups is 1. The van der Waals surface area contributed by atoms with Crippen molar-refractivity contribution in [2.45, 2.75) is 0 Å². The zero-order valence-corrected chi connectivity index (χ0v) is 19.2. The number of cyclic esters (lactones) is 1. The lowest BCUT2D eigenvalue weighted by atomic mass is 10.1. The number of rotatable bonds is 5. The summed E-state index contributed by atoms with van der Waals surface area (Å²) in [6, 6.07) is 19.8. The smallest absolute Gasteiger partial charge is 0.363 e. The van der Waals surface area contributed by atoms with E-state index in [0.29, 0.717) is 21.2 Å². The van der Waals surface area contributed by atoms with Crippen LogP contribution in [0.15, 0.2) is 83.5 Å². The van der Waals surface area contributed by atoms with Gasteiger partial charge in [0.2, 0.25) is 5.90 Å². The fraction of sp³-hybridized carbons (Fsp3) is 0. The molecule has 0 saturated heterocycles. The molecule has 172 valence electrons. The van der Waals surface area contributed by atoms with Gasteiger partial charge < -0.3 is 9.47 Å². The highest BCUT2D eigenvalue weighted by Gasteiger charge is 2.25. The lowest BCUT2D eigenvalue weighted by Crippen LogP contribution is -2.08. The number of benzene rings is 3. The van der Waals surface area contributed by atoms with Gasteiger partial charge in [-0.2, -0.15) is 0 Å². The van der Waals surface area contributed by atoms with Crippen molar-refractivity contribution in [2.24, 2.45) is 4.99 Å². The van der Waals surface area contributed by atoms with Crippen molar-refractivity contribution in [1.82, 2.24) is 0 Å². The zero-order chi connectivity index (χ0) is 24.5. The molecule has 4 aromatic rings. The first-order valence-electron chi connectivity index (χ1n) is 10.2. The number of halogens is 1. The van der Waals surface area contributed by atoms with Crippen LogP contribution in [-0.4, -0.2) is 22.8 Å². The second-order valence-corrected chi connectivity index (χ2v) is 8.74. The minimum absolute atomic E-state index is 0.0551.